The van der Waals surface area contributed by atoms with Gasteiger partial charge in [0.25, 0.3) is 0 Å². The van der Waals surface area contributed by atoms with Gasteiger partial charge in [-0.2, -0.15) is 5.26 Å². The minimum absolute atomic E-state index is 0.328. The number of benzene rings is 1. The molecule has 1 atom stereocenters. The van der Waals surface area contributed by atoms with Crippen molar-refractivity contribution in [3.63, 3.8) is 0 Å². The zero-order chi connectivity index (χ0) is 16.6. The van der Waals surface area contributed by atoms with Gasteiger partial charge >= 0.3 is 0 Å². The first-order chi connectivity index (χ1) is 11.0. The summed E-state index contributed by atoms with van der Waals surface area (Å²) in [5.74, 6) is 0.712. The average Bonchev–Trinajstić information content (AvgIpc) is 3.31. The summed E-state index contributed by atoms with van der Waals surface area (Å²) in [6.45, 7) is 1.60. The van der Waals surface area contributed by atoms with Crippen molar-refractivity contribution in [3.8, 4) is 6.07 Å². The van der Waals surface area contributed by atoms with E-state index in [1.807, 2.05) is 12.1 Å². The second-order valence-corrected chi connectivity index (χ2v) is 5.79. The Morgan fingerprint density at radius 3 is 2.83 bits per heavy atom. The lowest BCUT2D eigenvalue weighted by Gasteiger charge is -2.10. The number of fused-ring (bicyclic) bond motifs is 1. The maximum atomic E-state index is 9.59. The van der Waals surface area contributed by atoms with Gasteiger partial charge in [-0.15, -0.1) is 0 Å². The topological polar surface area (TPSA) is 114 Å². The van der Waals surface area contributed by atoms with E-state index >= 15 is 0 Å². The highest BCUT2D eigenvalue weighted by molar-refractivity contribution is 5.83. The summed E-state index contributed by atoms with van der Waals surface area (Å²) >= 11 is 0. The summed E-state index contributed by atoms with van der Waals surface area (Å²) in [4.78, 5) is 4.66. The molecule has 0 radical (unpaired) electrons. The van der Waals surface area contributed by atoms with Crippen LogP contribution in [0.2, 0.25) is 0 Å². The zero-order valence-corrected chi connectivity index (χ0v) is 12.9. The molecule has 6 nitrogen and oxygen atoms in total. The third kappa shape index (κ3) is 2.79. The van der Waals surface area contributed by atoms with Gasteiger partial charge in [-0.3, -0.25) is 0 Å². The number of nitriles is 1. The first-order valence-corrected chi connectivity index (χ1v) is 7.54. The van der Waals surface area contributed by atoms with Gasteiger partial charge < -0.3 is 21.1 Å². The van der Waals surface area contributed by atoms with Crippen LogP contribution in [-0.4, -0.2) is 20.8 Å². The third-order valence-electron chi connectivity index (χ3n) is 3.97. The lowest BCUT2D eigenvalue weighted by atomic mass is 10.1. The fourth-order valence-corrected chi connectivity index (χ4v) is 2.56. The van der Waals surface area contributed by atoms with Gasteiger partial charge in [0.2, 0.25) is 0 Å². The van der Waals surface area contributed by atoms with E-state index in [9.17, 15) is 5.11 Å². The van der Waals surface area contributed by atoms with Crippen molar-refractivity contribution in [1.82, 2.24) is 9.55 Å². The number of imidazole rings is 1. The molecule has 0 amide bonds. The molecule has 1 aromatic heterocycles. The summed E-state index contributed by atoms with van der Waals surface area (Å²) in [5.41, 5.74) is 14.9. The molecule has 1 aliphatic carbocycles. The predicted molar refractivity (Wildman–Crippen MR) is 88.8 cm³/mol. The van der Waals surface area contributed by atoms with Crippen molar-refractivity contribution in [2.75, 3.05) is 0 Å². The minimum atomic E-state index is -0.756. The Labute approximate surface area is 134 Å². The van der Waals surface area contributed by atoms with Gasteiger partial charge in [-0.05, 0) is 44.0 Å². The molecule has 3 rings (SSSR count). The van der Waals surface area contributed by atoms with Crippen LogP contribution in [0.25, 0.3) is 16.6 Å². The number of hydrogen-bond donors (Lipinski definition) is 3. The predicted octanol–water partition coefficient (Wildman–Crippen LogP) is 1.77. The number of nitrogens with zero attached hydrogens (tertiary/aromatic N) is 3. The van der Waals surface area contributed by atoms with Crippen LogP contribution in [0.1, 0.15) is 37.2 Å². The van der Waals surface area contributed by atoms with E-state index in [-0.39, 0.29) is 0 Å². The van der Waals surface area contributed by atoms with Crippen molar-refractivity contribution >= 4 is 16.6 Å². The zero-order valence-electron chi connectivity index (χ0n) is 12.9. The lowest BCUT2D eigenvalue weighted by Crippen LogP contribution is -2.14. The Kier molecular flexibility index (Phi) is 3.80. The maximum Gasteiger partial charge on any atom is 0.142 e. The van der Waals surface area contributed by atoms with E-state index in [0.717, 1.165) is 23.9 Å². The number of aromatic nitrogens is 2. The quantitative estimate of drug-likeness (QED) is 0.745. The molecule has 1 heterocycles. The summed E-state index contributed by atoms with van der Waals surface area (Å²) in [7, 11) is 0. The number of hydrogen-bond acceptors (Lipinski definition) is 5. The summed E-state index contributed by atoms with van der Waals surface area (Å²) in [6.07, 6.45) is 4.48. The summed E-state index contributed by atoms with van der Waals surface area (Å²) in [6, 6.07) is 7.96. The molecule has 2 aromatic rings. The Hall–Kier alpha value is -2.78. The molecule has 6 heteroatoms. The largest absolute Gasteiger partial charge is 0.404 e. The van der Waals surface area contributed by atoms with Gasteiger partial charge in [0.05, 0.1) is 28.8 Å². The minimum Gasteiger partial charge on any atom is -0.404 e. The highest BCUT2D eigenvalue weighted by Gasteiger charge is 2.29. The molecule has 1 saturated carbocycles. The molecule has 1 unspecified atom stereocenters. The van der Waals surface area contributed by atoms with Gasteiger partial charge in [-0.25, -0.2) is 4.98 Å². The van der Waals surface area contributed by atoms with E-state index in [1.165, 1.54) is 6.20 Å². The standard InChI is InChI=1S/C17H19N5O/c1-10(23)14(20)7-12(9-19)17-21-15-5-2-11(8-18)6-16(15)22(17)13-3-4-13/h2,5-7,9-10,13,23H,3-4,19-20H2,1H3/b12-9+,14-7-. The number of aliphatic hydroxyl groups excluding tert-OH is 1. The first-order valence-electron chi connectivity index (χ1n) is 7.54. The SMILES string of the molecule is CC(O)/C(N)=C/C(=C\N)c1nc2ccc(C#N)cc2n1C1CC1. The Bertz CT molecular complexity index is 850. The van der Waals surface area contributed by atoms with Gasteiger partial charge in [0.15, 0.2) is 0 Å². The van der Waals surface area contributed by atoms with Crippen molar-refractivity contribution < 1.29 is 5.11 Å². The van der Waals surface area contributed by atoms with Crippen LogP contribution in [0.3, 0.4) is 0 Å². The smallest absolute Gasteiger partial charge is 0.142 e. The van der Waals surface area contributed by atoms with E-state index in [0.29, 0.717) is 28.7 Å². The molecule has 0 aliphatic heterocycles. The number of allylic oxidation sites excluding steroid dienone is 2. The molecular formula is C17H19N5O. The number of aliphatic hydroxyl groups is 1. The fourth-order valence-electron chi connectivity index (χ4n) is 2.56. The molecule has 1 aliphatic rings. The van der Waals surface area contributed by atoms with Crippen LogP contribution in [-0.2, 0) is 0 Å². The average molecular weight is 309 g/mol. The first kappa shape index (κ1) is 15.1. The molecule has 118 valence electrons. The van der Waals surface area contributed by atoms with E-state index in [2.05, 4.69) is 15.6 Å². The highest BCUT2D eigenvalue weighted by Crippen LogP contribution is 2.40. The molecule has 0 bridgehead atoms. The molecule has 0 saturated heterocycles. The van der Waals surface area contributed by atoms with Crippen LogP contribution < -0.4 is 11.5 Å². The van der Waals surface area contributed by atoms with E-state index < -0.39 is 6.10 Å². The Morgan fingerprint density at radius 1 is 1.52 bits per heavy atom. The van der Waals surface area contributed by atoms with Gasteiger partial charge in [0, 0.05) is 23.5 Å². The van der Waals surface area contributed by atoms with Gasteiger partial charge in [-0.1, -0.05) is 0 Å². The highest BCUT2D eigenvalue weighted by atomic mass is 16.3. The molecule has 1 fully saturated rings. The van der Waals surface area contributed by atoms with Crippen molar-refractivity contribution in [2.45, 2.75) is 31.9 Å². The number of nitrogens with two attached hydrogens (primary N) is 2. The second-order valence-electron chi connectivity index (χ2n) is 5.79. The maximum absolute atomic E-state index is 9.59. The molecule has 5 N–H and O–H groups in total. The molecule has 23 heavy (non-hydrogen) atoms. The van der Waals surface area contributed by atoms with Crippen molar-refractivity contribution in [1.29, 1.82) is 5.26 Å². The fraction of sp³-hybridized carbons (Fsp3) is 0.294. The van der Waals surface area contributed by atoms with E-state index in [1.54, 1.807) is 19.1 Å². The Balaban J connectivity index is 2.19. The second kappa shape index (κ2) is 5.78. The monoisotopic (exact) mass is 309 g/mol. The van der Waals surface area contributed by atoms with Crippen LogP contribution in [0.5, 0.6) is 0 Å². The number of rotatable bonds is 4. The van der Waals surface area contributed by atoms with Crippen molar-refractivity contribution in [2.24, 2.45) is 11.5 Å². The van der Waals surface area contributed by atoms with Crippen molar-refractivity contribution in [3.05, 3.63) is 47.6 Å². The van der Waals surface area contributed by atoms with Crippen LogP contribution >= 0.6 is 0 Å². The van der Waals surface area contributed by atoms with Gasteiger partial charge in [0.1, 0.15) is 5.82 Å². The van der Waals surface area contributed by atoms with Crippen LogP contribution in [0.4, 0.5) is 0 Å². The van der Waals surface area contributed by atoms with Crippen LogP contribution in [0, 0.1) is 11.3 Å². The summed E-state index contributed by atoms with van der Waals surface area (Å²) < 4.78 is 2.11. The molecular weight excluding hydrogens is 290 g/mol. The van der Waals surface area contributed by atoms with E-state index in [4.69, 9.17) is 16.7 Å². The molecule has 0 spiro atoms. The normalized spacial score (nSPS) is 17.3. The van der Waals surface area contributed by atoms with Crippen LogP contribution in [0.15, 0.2) is 36.2 Å². The molecule has 1 aromatic carbocycles. The third-order valence-corrected chi connectivity index (χ3v) is 3.97. The lowest BCUT2D eigenvalue weighted by molar-refractivity contribution is 0.230. The Morgan fingerprint density at radius 2 is 2.26 bits per heavy atom. The summed E-state index contributed by atoms with van der Waals surface area (Å²) in [5, 5.41) is 18.7.